The molecule has 162 valence electrons. The van der Waals surface area contributed by atoms with E-state index in [1.54, 1.807) is 23.5 Å². The number of aryl methyl sites for hydroxylation is 3. The Hall–Kier alpha value is -3.00. The van der Waals surface area contributed by atoms with Crippen LogP contribution in [0.4, 0.5) is 0 Å². The van der Waals surface area contributed by atoms with Gasteiger partial charge in [-0.1, -0.05) is 26.0 Å². The van der Waals surface area contributed by atoms with Gasteiger partial charge in [-0.15, -0.1) is 11.3 Å². The molecule has 1 aliphatic carbocycles. The topological polar surface area (TPSA) is 104 Å². The van der Waals surface area contributed by atoms with Gasteiger partial charge in [0.2, 0.25) is 5.91 Å². The van der Waals surface area contributed by atoms with E-state index in [0.29, 0.717) is 22.7 Å². The summed E-state index contributed by atoms with van der Waals surface area (Å²) in [7, 11) is 0. The van der Waals surface area contributed by atoms with Crippen LogP contribution in [-0.4, -0.2) is 21.8 Å². The highest BCUT2D eigenvalue weighted by Gasteiger charge is 2.23. The number of fused-ring (bicyclic) bond motifs is 3. The Bertz CT molecular complexity index is 1180. The fourth-order valence-electron chi connectivity index (χ4n) is 3.90. The second-order valence-corrected chi connectivity index (χ2v) is 9.18. The Balaban J connectivity index is 1.35. The van der Waals surface area contributed by atoms with E-state index < -0.39 is 0 Å². The summed E-state index contributed by atoms with van der Waals surface area (Å²) < 4.78 is 0. The maximum Gasteiger partial charge on any atom is 0.269 e. The van der Waals surface area contributed by atoms with Gasteiger partial charge in [0.05, 0.1) is 5.39 Å². The van der Waals surface area contributed by atoms with Gasteiger partial charge in [-0.3, -0.25) is 25.2 Å². The summed E-state index contributed by atoms with van der Waals surface area (Å²) >= 11 is 1.59. The number of hydrogen-bond donors (Lipinski definition) is 3. The van der Waals surface area contributed by atoms with Gasteiger partial charge < -0.3 is 4.98 Å². The summed E-state index contributed by atoms with van der Waals surface area (Å²) in [5, 5.41) is 0.710. The molecule has 0 saturated carbocycles. The zero-order chi connectivity index (χ0) is 22.0. The Morgan fingerprint density at radius 1 is 1.23 bits per heavy atom. The predicted octanol–water partition coefficient (Wildman–Crippen LogP) is 3.07. The number of nitrogens with zero attached hydrogens (tertiary/aromatic N) is 1. The summed E-state index contributed by atoms with van der Waals surface area (Å²) in [6.07, 6.45) is 4.30. The lowest BCUT2D eigenvalue weighted by molar-refractivity contribution is -0.121. The maximum atomic E-state index is 12.6. The average Bonchev–Trinajstić information content (AvgIpc) is 3.13. The second-order valence-electron chi connectivity index (χ2n) is 8.10. The van der Waals surface area contributed by atoms with E-state index in [2.05, 4.69) is 27.7 Å². The van der Waals surface area contributed by atoms with Crippen LogP contribution in [0.15, 0.2) is 29.1 Å². The Morgan fingerprint density at radius 3 is 2.74 bits per heavy atom. The van der Waals surface area contributed by atoms with Crippen LogP contribution in [0.3, 0.4) is 0 Å². The van der Waals surface area contributed by atoms with Gasteiger partial charge >= 0.3 is 0 Å². The van der Waals surface area contributed by atoms with E-state index in [-0.39, 0.29) is 30.2 Å². The molecule has 31 heavy (non-hydrogen) atoms. The normalized spacial score (nSPS) is 15.5. The fraction of sp³-hybridized carbons (Fsp3) is 0.391. The first-order valence-corrected chi connectivity index (χ1v) is 11.5. The number of hydrogen-bond acceptors (Lipinski definition) is 5. The van der Waals surface area contributed by atoms with Crippen molar-refractivity contribution in [2.75, 3.05) is 0 Å². The zero-order valence-electron chi connectivity index (χ0n) is 17.7. The average molecular weight is 439 g/mol. The third kappa shape index (κ3) is 4.69. The number of thiophene rings is 1. The van der Waals surface area contributed by atoms with Gasteiger partial charge in [-0.05, 0) is 54.9 Å². The molecule has 8 heteroatoms. The Labute approximate surface area is 184 Å². The quantitative estimate of drug-likeness (QED) is 0.533. The van der Waals surface area contributed by atoms with Crippen LogP contribution in [0.2, 0.25) is 0 Å². The molecule has 1 aliphatic rings. The number of nitrogens with one attached hydrogen (secondary N) is 3. The van der Waals surface area contributed by atoms with Crippen molar-refractivity contribution in [3.05, 3.63) is 62.0 Å². The molecule has 1 atom stereocenters. The number of benzene rings is 1. The van der Waals surface area contributed by atoms with Crippen molar-refractivity contribution in [3.8, 4) is 0 Å². The molecule has 0 spiro atoms. The molecule has 0 saturated heterocycles. The highest BCUT2D eigenvalue weighted by atomic mass is 32.1. The molecule has 2 aromatic heterocycles. The molecular weight excluding hydrogens is 412 g/mol. The fourth-order valence-corrected chi connectivity index (χ4v) is 5.30. The number of aromatic amines is 1. The van der Waals surface area contributed by atoms with Gasteiger partial charge in [-0.25, -0.2) is 4.98 Å². The summed E-state index contributed by atoms with van der Waals surface area (Å²) in [5.74, 6) is 0.395. The van der Waals surface area contributed by atoms with Crippen molar-refractivity contribution in [3.63, 3.8) is 0 Å². The molecule has 3 N–H and O–H groups in total. The van der Waals surface area contributed by atoms with E-state index in [0.717, 1.165) is 41.6 Å². The highest BCUT2D eigenvalue weighted by molar-refractivity contribution is 7.18. The second kappa shape index (κ2) is 9.01. The number of aromatic nitrogens is 2. The van der Waals surface area contributed by atoms with Crippen molar-refractivity contribution in [1.82, 2.24) is 20.8 Å². The van der Waals surface area contributed by atoms with Crippen LogP contribution in [-0.2, 0) is 30.5 Å². The van der Waals surface area contributed by atoms with Gasteiger partial charge in [0, 0.05) is 23.3 Å². The van der Waals surface area contributed by atoms with E-state index in [1.807, 2.05) is 19.1 Å². The molecular formula is C23H26N4O3S. The molecule has 2 heterocycles. The number of amides is 2. The van der Waals surface area contributed by atoms with Crippen molar-refractivity contribution >= 4 is 33.4 Å². The van der Waals surface area contributed by atoms with Crippen molar-refractivity contribution in [1.29, 1.82) is 0 Å². The lowest BCUT2D eigenvalue weighted by Crippen LogP contribution is -2.41. The van der Waals surface area contributed by atoms with Crippen LogP contribution in [0.25, 0.3) is 10.2 Å². The van der Waals surface area contributed by atoms with Crippen LogP contribution in [0.5, 0.6) is 0 Å². The minimum Gasteiger partial charge on any atom is -0.310 e. The molecule has 7 nitrogen and oxygen atoms in total. The lowest BCUT2D eigenvalue weighted by Gasteiger charge is -2.17. The van der Waals surface area contributed by atoms with E-state index in [4.69, 9.17) is 0 Å². The third-order valence-electron chi connectivity index (χ3n) is 5.74. The molecule has 0 fully saturated rings. The highest BCUT2D eigenvalue weighted by Crippen LogP contribution is 2.35. The van der Waals surface area contributed by atoms with E-state index in [1.165, 1.54) is 4.88 Å². The monoisotopic (exact) mass is 438 g/mol. The summed E-state index contributed by atoms with van der Waals surface area (Å²) in [6.45, 7) is 4.27. The van der Waals surface area contributed by atoms with Crippen molar-refractivity contribution < 1.29 is 9.59 Å². The zero-order valence-corrected chi connectivity index (χ0v) is 18.5. The summed E-state index contributed by atoms with van der Waals surface area (Å²) in [5.41, 5.74) is 7.47. The smallest absolute Gasteiger partial charge is 0.269 e. The van der Waals surface area contributed by atoms with Crippen LogP contribution >= 0.6 is 11.3 Å². The molecule has 2 amide bonds. The largest absolute Gasteiger partial charge is 0.310 e. The molecule has 0 aliphatic heterocycles. The molecule has 1 aromatic carbocycles. The number of H-pyrrole nitrogens is 1. The number of hydrazine groups is 1. The molecule has 0 bridgehead atoms. The van der Waals surface area contributed by atoms with Crippen LogP contribution in [0.1, 0.15) is 58.9 Å². The number of carbonyl (C=O) groups excluding carboxylic acids is 2. The molecule has 3 aromatic rings. The van der Waals surface area contributed by atoms with Crippen molar-refractivity contribution in [2.24, 2.45) is 5.92 Å². The Kier molecular flexibility index (Phi) is 6.18. The van der Waals surface area contributed by atoms with Crippen LogP contribution in [0, 0.1) is 5.92 Å². The first-order valence-electron chi connectivity index (χ1n) is 10.7. The molecule has 0 radical (unpaired) electrons. The van der Waals surface area contributed by atoms with Gasteiger partial charge in [0.1, 0.15) is 10.7 Å². The van der Waals surface area contributed by atoms with E-state index >= 15 is 0 Å². The predicted molar refractivity (Wildman–Crippen MR) is 121 cm³/mol. The minimum atomic E-state index is -0.373. The number of rotatable bonds is 5. The SMILES string of the molecule is CCc1ccc(C(=O)NNC(=O)CCc2nc3sc4c(c3c(=O)[nH]2)CCC(C)C4)cc1. The minimum absolute atomic E-state index is 0.103. The Morgan fingerprint density at radius 2 is 2.00 bits per heavy atom. The van der Waals surface area contributed by atoms with Gasteiger partial charge in [0.25, 0.3) is 11.5 Å². The standard InChI is InChI=1S/C23H26N4O3S/c1-3-14-5-7-15(8-6-14)21(29)27-26-19(28)11-10-18-24-22(30)20-16-9-4-13(2)12-17(16)31-23(20)25-18/h5-8,13H,3-4,9-12H2,1-2H3,(H,26,28)(H,27,29)(H,24,25,30). The number of carbonyl (C=O) groups is 2. The first kappa shape index (κ1) is 21.2. The van der Waals surface area contributed by atoms with Gasteiger partial charge in [-0.2, -0.15) is 0 Å². The van der Waals surface area contributed by atoms with Crippen molar-refractivity contribution in [2.45, 2.75) is 52.4 Å². The van der Waals surface area contributed by atoms with E-state index in [9.17, 15) is 14.4 Å². The first-order chi connectivity index (χ1) is 14.9. The summed E-state index contributed by atoms with van der Waals surface area (Å²) in [4.78, 5) is 46.4. The lowest BCUT2D eigenvalue weighted by atomic mass is 9.89. The maximum absolute atomic E-state index is 12.6. The molecule has 1 unspecified atom stereocenters. The van der Waals surface area contributed by atoms with Crippen LogP contribution < -0.4 is 16.4 Å². The molecule has 4 rings (SSSR count). The third-order valence-corrected chi connectivity index (χ3v) is 6.89. The summed E-state index contributed by atoms with van der Waals surface area (Å²) in [6, 6.07) is 7.23. The van der Waals surface area contributed by atoms with Gasteiger partial charge in [0.15, 0.2) is 0 Å².